The van der Waals surface area contributed by atoms with Crippen LogP contribution in [0.25, 0.3) is 0 Å². The summed E-state index contributed by atoms with van der Waals surface area (Å²) in [7, 11) is 0.738. The van der Waals surface area contributed by atoms with Crippen molar-refractivity contribution in [2.75, 3.05) is 13.2 Å². The SMILES string of the molecule is C=C(C(=O)OCCCO[SiH3])C(C)C. The maximum atomic E-state index is 11.2. The molecule has 4 heteroatoms. The standard InChI is InChI=1S/C9H18O3Si/c1-7(2)8(3)9(10)11-5-4-6-12-13/h7H,3-6H2,1-2,13H3. The van der Waals surface area contributed by atoms with Crippen LogP contribution in [-0.4, -0.2) is 29.7 Å². The number of carbonyl (C=O) groups excluding carboxylic acids is 1. The van der Waals surface area contributed by atoms with Gasteiger partial charge in [-0.3, -0.25) is 0 Å². The molecule has 0 bridgehead atoms. The third-order valence-electron chi connectivity index (χ3n) is 1.69. The van der Waals surface area contributed by atoms with Crippen LogP contribution in [-0.2, 0) is 14.0 Å². The van der Waals surface area contributed by atoms with Gasteiger partial charge in [0.15, 0.2) is 0 Å². The summed E-state index contributed by atoms with van der Waals surface area (Å²) in [6.45, 7) is 8.59. The third-order valence-corrected chi connectivity index (χ3v) is 2.09. The molecule has 76 valence electrons. The van der Waals surface area contributed by atoms with E-state index in [1.54, 1.807) is 0 Å². The molecule has 0 aliphatic rings. The molecule has 0 aromatic rings. The van der Waals surface area contributed by atoms with E-state index in [1.165, 1.54) is 0 Å². The van der Waals surface area contributed by atoms with Crippen LogP contribution in [0, 0.1) is 5.92 Å². The zero-order chi connectivity index (χ0) is 10.3. The molecule has 0 aliphatic carbocycles. The Morgan fingerprint density at radius 1 is 1.46 bits per heavy atom. The molecular formula is C9H18O3Si. The molecule has 0 saturated carbocycles. The first-order valence-electron chi connectivity index (χ1n) is 4.44. The van der Waals surface area contributed by atoms with E-state index in [0.29, 0.717) is 18.8 Å². The lowest BCUT2D eigenvalue weighted by Gasteiger charge is -2.08. The van der Waals surface area contributed by atoms with Crippen LogP contribution >= 0.6 is 0 Å². The molecule has 0 radical (unpaired) electrons. The molecule has 0 aliphatic heterocycles. The summed E-state index contributed by atoms with van der Waals surface area (Å²) in [5.41, 5.74) is 0.534. The van der Waals surface area contributed by atoms with Crippen molar-refractivity contribution in [3.05, 3.63) is 12.2 Å². The zero-order valence-electron chi connectivity index (χ0n) is 8.63. The van der Waals surface area contributed by atoms with Gasteiger partial charge in [-0.1, -0.05) is 20.4 Å². The van der Waals surface area contributed by atoms with Crippen molar-refractivity contribution in [1.29, 1.82) is 0 Å². The van der Waals surface area contributed by atoms with Crippen molar-refractivity contribution >= 4 is 16.5 Å². The van der Waals surface area contributed by atoms with Gasteiger partial charge in [-0.25, -0.2) is 4.79 Å². The van der Waals surface area contributed by atoms with Crippen LogP contribution in [0.1, 0.15) is 20.3 Å². The summed E-state index contributed by atoms with van der Waals surface area (Å²) >= 11 is 0. The molecule has 0 spiro atoms. The number of esters is 1. The highest BCUT2D eigenvalue weighted by Gasteiger charge is 2.11. The van der Waals surface area contributed by atoms with Crippen LogP contribution in [0.15, 0.2) is 12.2 Å². The van der Waals surface area contributed by atoms with E-state index in [9.17, 15) is 4.79 Å². The summed E-state index contributed by atoms with van der Waals surface area (Å²) in [6.07, 6.45) is 0.764. The van der Waals surface area contributed by atoms with Crippen molar-refractivity contribution in [2.45, 2.75) is 20.3 Å². The minimum absolute atomic E-state index is 0.155. The van der Waals surface area contributed by atoms with Gasteiger partial charge in [-0.05, 0) is 5.92 Å². The first kappa shape index (κ1) is 12.4. The molecule has 0 saturated heterocycles. The fraction of sp³-hybridized carbons (Fsp3) is 0.667. The van der Waals surface area contributed by atoms with Crippen LogP contribution in [0.2, 0.25) is 0 Å². The van der Waals surface area contributed by atoms with Gasteiger partial charge in [0.1, 0.15) is 10.5 Å². The Morgan fingerprint density at radius 2 is 2.08 bits per heavy atom. The number of carbonyl (C=O) groups is 1. The molecule has 0 rings (SSSR count). The molecule has 3 nitrogen and oxygen atoms in total. The van der Waals surface area contributed by atoms with E-state index in [1.807, 2.05) is 13.8 Å². The Bertz CT molecular complexity index is 178. The molecule has 0 heterocycles. The van der Waals surface area contributed by atoms with E-state index < -0.39 is 0 Å². The number of hydrogen-bond acceptors (Lipinski definition) is 3. The predicted molar refractivity (Wildman–Crippen MR) is 55.4 cm³/mol. The van der Waals surface area contributed by atoms with Gasteiger partial charge in [0.05, 0.1) is 6.61 Å². The van der Waals surface area contributed by atoms with Gasteiger partial charge in [0.25, 0.3) is 0 Å². The van der Waals surface area contributed by atoms with Gasteiger partial charge >= 0.3 is 5.97 Å². The second kappa shape index (κ2) is 6.86. The number of hydrogen-bond donors (Lipinski definition) is 0. The third kappa shape index (κ3) is 5.60. The molecule has 13 heavy (non-hydrogen) atoms. The van der Waals surface area contributed by atoms with Crippen molar-refractivity contribution in [3.63, 3.8) is 0 Å². The Labute approximate surface area is 82.7 Å². The van der Waals surface area contributed by atoms with Gasteiger partial charge in [0.2, 0.25) is 0 Å². The first-order valence-corrected chi connectivity index (χ1v) is 5.26. The van der Waals surface area contributed by atoms with Gasteiger partial charge in [-0.15, -0.1) is 0 Å². The van der Waals surface area contributed by atoms with Crippen molar-refractivity contribution in [1.82, 2.24) is 0 Å². The van der Waals surface area contributed by atoms with E-state index in [-0.39, 0.29) is 11.9 Å². The highest BCUT2D eigenvalue weighted by molar-refractivity contribution is 5.97. The maximum absolute atomic E-state index is 11.2. The normalized spacial score (nSPS) is 10.4. The quantitative estimate of drug-likeness (QED) is 0.271. The van der Waals surface area contributed by atoms with Crippen LogP contribution in [0.5, 0.6) is 0 Å². The second-order valence-electron chi connectivity index (χ2n) is 3.16. The first-order chi connectivity index (χ1) is 6.09. The van der Waals surface area contributed by atoms with E-state index in [4.69, 9.17) is 9.16 Å². The fourth-order valence-corrected chi connectivity index (χ4v) is 0.985. The predicted octanol–water partition coefficient (Wildman–Crippen LogP) is 0.429. The zero-order valence-corrected chi connectivity index (χ0v) is 10.6. The van der Waals surface area contributed by atoms with Gasteiger partial charge in [-0.2, -0.15) is 0 Å². The molecule has 0 fully saturated rings. The summed E-state index contributed by atoms with van der Waals surface area (Å²) in [5, 5.41) is 0. The number of ether oxygens (including phenoxy) is 1. The minimum atomic E-state index is -0.289. The fourth-order valence-electron chi connectivity index (χ4n) is 0.697. The Kier molecular flexibility index (Phi) is 6.53. The van der Waals surface area contributed by atoms with Crippen LogP contribution in [0.4, 0.5) is 0 Å². The summed E-state index contributed by atoms with van der Waals surface area (Å²) in [6, 6.07) is 0. The summed E-state index contributed by atoms with van der Waals surface area (Å²) < 4.78 is 9.92. The van der Waals surface area contributed by atoms with Crippen molar-refractivity contribution in [2.24, 2.45) is 5.92 Å². The summed E-state index contributed by atoms with van der Waals surface area (Å²) in [4.78, 5) is 11.2. The summed E-state index contributed by atoms with van der Waals surface area (Å²) in [5.74, 6) is -0.134. The lowest BCUT2D eigenvalue weighted by Crippen LogP contribution is -2.12. The molecule has 0 N–H and O–H groups in total. The topological polar surface area (TPSA) is 35.5 Å². The molecular weight excluding hydrogens is 184 g/mol. The smallest absolute Gasteiger partial charge is 0.333 e. The largest absolute Gasteiger partial charge is 0.462 e. The van der Waals surface area contributed by atoms with Gasteiger partial charge in [0, 0.05) is 18.6 Å². The minimum Gasteiger partial charge on any atom is -0.462 e. The van der Waals surface area contributed by atoms with E-state index >= 15 is 0 Å². The average molecular weight is 202 g/mol. The molecule has 0 amide bonds. The Hall–Kier alpha value is -0.613. The lowest BCUT2D eigenvalue weighted by molar-refractivity contribution is -0.139. The van der Waals surface area contributed by atoms with Crippen molar-refractivity contribution in [3.8, 4) is 0 Å². The highest BCUT2D eigenvalue weighted by atomic mass is 28.2. The average Bonchev–Trinajstić information content (AvgIpc) is 2.10. The molecule has 0 aromatic carbocycles. The molecule has 0 atom stereocenters. The Morgan fingerprint density at radius 3 is 2.54 bits per heavy atom. The van der Waals surface area contributed by atoms with Crippen molar-refractivity contribution < 1.29 is 14.0 Å². The van der Waals surface area contributed by atoms with E-state index in [0.717, 1.165) is 16.9 Å². The number of rotatable bonds is 6. The Balaban J connectivity index is 3.57. The second-order valence-corrected chi connectivity index (χ2v) is 3.74. The highest BCUT2D eigenvalue weighted by Crippen LogP contribution is 2.08. The molecule has 0 unspecified atom stereocenters. The monoisotopic (exact) mass is 202 g/mol. The maximum Gasteiger partial charge on any atom is 0.333 e. The van der Waals surface area contributed by atoms with Crippen LogP contribution in [0.3, 0.4) is 0 Å². The van der Waals surface area contributed by atoms with E-state index in [2.05, 4.69) is 6.58 Å². The van der Waals surface area contributed by atoms with Crippen LogP contribution < -0.4 is 0 Å². The lowest BCUT2D eigenvalue weighted by atomic mass is 10.1. The van der Waals surface area contributed by atoms with Gasteiger partial charge < -0.3 is 9.16 Å². The molecule has 0 aromatic heterocycles.